The van der Waals surface area contributed by atoms with Crippen LogP contribution in [0.4, 0.5) is 8.78 Å². The molecule has 1 saturated carbocycles. The Hall–Kier alpha value is -0.960. The van der Waals surface area contributed by atoms with Gasteiger partial charge in [0.25, 0.3) is 0 Å². The molecule has 18 heavy (non-hydrogen) atoms. The zero-order valence-corrected chi connectivity index (χ0v) is 10.9. The lowest BCUT2D eigenvalue weighted by atomic mass is 9.81. The average Bonchev–Trinajstić information content (AvgIpc) is 2.36. The Kier molecular flexibility index (Phi) is 4.70. The lowest BCUT2D eigenvalue weighted by Crippen LogP contribution is -2.34. The molecule has 0 aliphatic heterocycles. The highest BCUT2D eigenvalue weighted by Crippen LogP contribution is 2.34. The molecule has 1 N–H and O–H groups in total. The molecular formula is C15H21F2N. The maximum absolute atomic E-state index is 13.8. The minimum absolute atomic E-state index is 0.230. The van der Waals surface area contributed by atoms with Gasteiger partial charge in [-0.1, -0.05) is 19.4 Å². The summed E-state index contributed by atoms with van der Waals surface area (Å²) in [6.45, 7) is 3.16. The normalized spacial score (nSPS) is 24.2. The largest absolute Gasteiger partial charge is 0.314 e. The van der Waals surface area contributed by atoms with E-state index in [1.807, 2.05) is 0 Å². The number of hydrogen-bond acceptors (Lipinski definition) is 1. The van der Waals surface area contributed by atoms with E-state index in [1.165, 1.54) is 12.5 Å². The fraction of sp³-hybridized carbons (Fsp3) is 0.600. The Morgan fingerprint density at radius 3 is 2.83 bits per heavy atom. The molecule has 1 nitrogen and oxygen atoms in total. The van der Waals surface area contributed by atoms with E-state index >= 15 is 0 Å². The summed E-state index contributed by atoms with van der Waals surface area (Å²) < 4.78 is 26.7. The van der Waals surface area contributed by atoms with Crippen LogP contribution in [0.1, 0.15) is 50.5 Å². The van der Waals surface area contributed by atoms with Gasteiger partial charge in [0.2, 0.25) is 0 Å². The van der Waals surface area contributed by atoms with Crippen LogP contribution < -0.4 is 5.32 Å². The van der Waals surface area contributed by atoms with E-state index < -0.39 is 11.6 Å². The topological polar surface area (TPSA) is 12.0 Å². The van der Waals surface area contributed by atoms with E-state index in [1.54, 1.807) is 6.07 Å². The predicted octanol–water partition coefficient (Wildman–Crippen LogP) is 3.99. The van der Waals surface area contributed by atoms with Gasteiger partial charge in [0.15, 0.2) is 0 Å². The molecule has 0 spiro atoms. The molecule has 1 fully saturated rings. The maximum Gasteiger partial charge on any atom is 0.129 e. The third kappa shape index (κ3) is 3.29. The summed E-state index contributed by atoms with van der Waals surface area (Å²) >= 11 is 0. The molecule has 0 heterocycles. The smallest absolute Gasteiger partial charge is 0.129 e. The molecule has 0 saturated heterocycles. The van der Waals surface area contributed by atoms with E-state index in [-0.39, 0.29) is 5.92 Å². The molecular weight excluding hydrogens is 232 g/mol. The van der Waals surface area contributed by atoms with Crippen molar-refractivity contribution in [1.29, 1.82) is 0 Å². The van der Waals surface area contributed by atoms with Gasteiger partial charge in [-0.3, -0.25) is 0 Å². The van der Waals surface area contributed by atoms with Gasteiger partial charge in [-0.05, 0) is 49.8 Å². The SMILES string of the molecule is CCCNC1CCCC(c2ccc(F)cc2F)C1. The molecule has 0 bridgehead atoms. The first-order valence-corrected chi connectivity index (χ1v) is 6.89. The van der Waals surface area contributed by atoms with Crippen molar-refractivity contribution in [2.45, 2.75) is 51.0 Å². The van der Waals surface area contributed by atoms with Crippen molar-refractivity contribution >= 4 is 0 Å². The number of hydrogen-bond donors (Lipinski definition) is 1. The van der Waals surface area contributed by atoms with Crippen LogP contribution in [0.25, 0.3) is 0 Å². The highest BCUT2D eigenvalue weighted by molar-refractivity contribution is 5.23. The summed E-state index contributed by atoms with van der Waals surface area (Å²) in [6.07, 6.45) is 5.36. The third-order valence-electron chi connectivity index (χ3n) is 3.76. The summed E-state index contributed by atoms with van der Waals surface area (Å²) in [7, 11) is 0. The number of halogens is 2. The van der Waals surface area contributed by atoms with E-state index in [9.17, 15) is 8.78 Å². The van der Waals surface area contributed by atoms with Crippen LogP contribution in [0.15, 0.2) is 18.2 Å². The fourth-order valence-electron chi connectivity index (χ4n) is 2.84. The number of rotatable bonds is 4. The highest BCUT2D eigenvalue weighted by atomic mass is 19.1. The molecule has 2 atom stereocenters. The Morgan fingerprint density at radius 2 is 2.11 bits per heavy atom. The standard InChI is InChI=1S/C15H21F2N/c1-2-8-18-13-5-3-4-11(9-13)14-7-6-12(16)10-15(14)17/h6-7,10-11,13,18H,2-5,8-9H2,1H3. The van der Waals surface area contributed by atoms with Gasteiger partial charge in [0.05, 0.1) is 0 Å². The van der Waals surface area contributed by atoms with Crippen molar-refractivity contribution in [2.24, 2.45) is 0 Å². The van der Waals surface area contributed by atoms with E-state index in [2.05, 4.69) is 12.2 Å². The second-order valence-corrected chi connectivity index (χ2v) is 5.18. The quantitative estimate of drug-likeness (QED) is 0.855. The van der Waals surface area contributed by atoms with Gasteiger partial charge in [0.1, 0.15) is 11.6 Å². The van der Waals surface area contributed by atoms with E-state index in [0.717, 1.165) is 38.3 Å². The summed E-state index contributed by atoms with van der Waals surface area (Å²) in [6, 6.07) is 4.45. The zero-order chi connectivity index (χ0) is 13.0. The Bertz CT molecular complexity index is 392. The van der Waals surface area contributed by atoms with Gasteiger partial charge in [0, 0.05) is 12.1 Å². The molecule has 1 aromatic carbocycles. The molecule has 0 aromatic heterocycles. The van der Waals surface area contributed by atoms with Gasteiger partial charge in [-0.15, -0.1) is 0 Å². The molecule has 1 aromatic rings. The molecule has 3 heteroatoms. The van der Waals surface area contributed by atoms with Crippen LogP contribution in [0.5, 0.6) is 0 Å². The van der Waals surface area contributed by atoms with Crippen molar-refractivity contribution in [3.8, 4) is 0 Å². The molecule has 0 radical (unpaired) electrons. The van der Waals surface area contributed by atoms with E-state index in [0.29, 0.717) is 11.6 Å². The second kappa shape index (κ2) is 6.28. The predicted molar refractivity (Wildman–Crippen MR) is 69.6 cm³/mol. The van der Waals surface area contributed by atoms with Gasteiger partial charge < -0.3 is 5.32 Å². The Morgan fingerprint density at radius 1 is 1.28 bits per heavy atom. The molecule has 1 aliphatic rings. The third-order valence-corrected chi connectivity index (χ3v) is 3.76. The van der Waals surface area contributed by atoms with E-state index in [4.69, 9.17) is 0 Å². The van der Waals surface area contributed by atoms with Crippen molar-refractivity contribution in [3.63, 3.8) is 0 Å². The summed E-state index contributed by atoms with van der Waals surface area (Å²) in [4.78, 5) is 0. The zero-order valence-electron chi connectivity index (χ0n) is 10.9. The van der Waals surface area contributed by atoms with Crippen molar-refractivity contribution in [1.82, 2.24) is 5.32 Å². The first-order valence-electron chi connectivity index (χ1n) is 6.89. The van der Waals surface area contributed by atoms with Crippen LogP contribution >= 0.6 is 0 Å². The summed E-state index contributed by atoms with van der Waals surface area (Å²) in [5.41, 5.74) is 0.680. The summed E-state index contributed by atoms with van der Waals surface area (Å²) in [5, 5.41) is 3.51. The van der Waals surface area contributed by atoms with Crippen molar-refractivity contribution in [2.75, 3.05) is 6.54 Å². The molecule has 0 amide bonds. The summed E-state index contributed by atoms with van der Waals surface area (Å²) in [5.74, 6) is -0.655. The molecule has 2 unspecified atom stereocenters. The highest BCUT2D eigenvalue weighted by Gasteiger charge is 2.24. The Balaban J connectivity index is 2.03. The monoisotopic (exact) mass is 253 g/mol. The lowest BCUT2D eigenvalue weighted by molar-refractivity contribution is 0.334. The Labute approximate surface area is 108 Å². The van der Waals surface area contributed by atoms with Crippen LogP contribution in [0.2, 0.25) is 0 Å². The van der Waals surface area contributed by atoms with Crippen LogP contribution in [-0.2, 0) is 0 Å². The van der Waals surface area contributed by atoms with Gasteiger partial charge in [-0.25, -0.2) is 8.78 Å². The first kappa shape index (κ1) is 13.5. The molecule has 1 aliphatic carbocycles. The maximum atomic E-state index is 13.8. The van der Waals surface area contributed by atoms with Crippen LogP contribution in [0.3, 0.4) is 0 Å². The minimum Gasteiger partial charge on any atom is -0.314 e. The van der Waals surface area contributed by atoms with Crippen molar-refractivity contribution < 1.29 is 8.78 Å². The lowest BCUT2D eigenvalue weighted by Gasteiger charge is -2.30. The number of benzene rings is 1. The fourth-order valence-corrected chi connectivity index (χ4v) is 2.84. The van der Waals surface area contributed by atoms with Crippen LogP contribution in [0, 0.1) is 11.6 Å². The first-order chi connectivity index (χ1) is 8.70. The van der Waals surface area contributed by atoms with Gasteiger partial charge >= 0.3 is 0 Å². The average molecular weight is 253 g/mol. The molecule has 100 valence electrons. The van der Waals surface area contributed by atoms with Gasteiger partial charge in [-0.2, -0.15) is 0 Å². The second-order valence-electron chi connectivity index (χ2n) is 5.18. The minimum atomic E-state index is -0.493. The number of nitrogens with one attached hydrogen (secondary N) is 1. The molecule has 2 rings (SSSR count). The van der Waals surface area contributed by atoms with Crippen LogP contribution in [-0.4, -0.2) is 12.6 Å². The van der Waals surface area contributed by atoms with Crippen molar-refractivity contribution in [3.05, 3.63) is 35.4 Å².